The first-order valence-electron chi connectivity index (χ1n) is 7.02. The number of nitrogens with zero attached hydrogens (tertiary/aromatic N) is 1. The monoisotopic (exact) mass is 255 g/mol. The van der Waals surface area contributed by atoms with Gasteiger partial charge in [0.25, 0.3) is 0 Å². The molecule has 104 valence electrons. The van der Waals surface area contributed by atoms with E-state index in [2.05, 4.69) is 12.2 Å². The Balaban J connectivity index is 1.78. The van der Waals surface area contributed by atoms with Gasteiger partial charge in [0.1, 0.15) is 0 Å². The lowest BCUT2D eigenvalue weighted by atomic mass is 9.79. The number of ether oxygens (including phenoxy) is 1. The van der Waals surface area contributed by atoms with Crippen LogP contribution in [0, 0.1) is 5.92 Å². The van der Waals surface area contributed by atoms with E-state index in [1.54, 1.807) is 4.90 Å². The summed E-state index contributed by atoms with van der Waals surface area (Å²) in [6, 6.07) is 0.0254. The van der Waals surface area contributed by atoms with Gasteiger partial charge >= 0.3 is 6.03 Å². The smallest absolute Gasteiger partial charge is 0.317 e. The fourth-order valence-corrected chi connectivity index (χ4v) is 3.08. The molecule has 1 saturated heterocycles. The van der Waals surface area contributed by atoms with Crippen LogP contribution >= 0.6 is 0 Å². The first-order valence-corrected chi connectivity index (χ1v) is 7.02. The summed E-state index contributed by atoms with van der Waals surface area (Å²) in [6.45, 7) is 5.65. The Hall–Kier alpha value is -0.810. The Labute approximate surface area is 109 Å². The molecule has 0 spiro atoms. The van der Waals surface area contributed by atoms with Gasteiger partial charge in [-0.2, -0.15) is 0 Å². The largest absolute Gasteiger partial charge is 0.372 e. The zero-order chi connectivity index (χ0) is 13.0. The van der Waals surface area contributed by atoms with Crippen molar-refractivity contribution in [2.75, 3.05) is 32.8 Å². The fraction of sp³-hybridized carbons (Fsp3) is 0.923. The molecular weight excluding hydrogens is 230 g/mol. The van der Waals surface area contributed by atoms with E-state index in [1.807, 2.05) is 0 Å². The van der Waals surface area contributed by atoms with E-state index in [-0.39, 0.29) is 11.6 Å². The molecule has 0 bridgehead atoms. The molecule has 2 rings (SSSR count). The van der Waals surface area contributed by atoms with Crippen molar-refractivity contribution in [3.05, 3.63) is 0 Å². The van der Waals surface area contributed by atoms with Crippen molar-refractivity contribution < 1.29 is 9.53 Å². The standard InChI is InChI=1S/C13H25N3O2/c1-11-3-2-4-13(9-11,10-14)18-8-7-16-6-5-15-12(16)17/h11H,2-10,14H2,1H3,(H,15,17). The van der Waals surface area contributed by atoms with Crippen molar-refractivity contribution in [1.82, 2.24) is 10.2 Å². The van der Waals surface area contributed by atoms with Crippen molar-refractivity contribution in [3.63, 3.8) is 0 Å². The number of nitrogens with one attached hydrogen (secondary N) is 1. The van der Waals surface area contributed by atoms with Crippen molar-refractivity contribution in [3.8, 4) is 0 Å². The zero-order valence-electron chi connectivity index (χ0n) is 11.3. The lowest BCUT2D eigenvalue weighted by molar-refractivity contribution is -0.0766. The average molecular weight is 255 g/mol. The van der Waals surface area contributed by atoms with Gasteiger partial charge in [-0.1, -0.05) is 19.8 Å². The number of rotatable bonds is 5. The van der Waals surface area contributed by atoms with Crippen LogP contribution in [0.2, 0.25) is 0 Å². The first-order chi connectivity index (χ1) is 8.65. The summed E-state index contributed by atoms with van der Waals surface area (Å²) in [6.07, 6.45) is 4.58. The number of carbonyl (C=O) groups is 1. The van der Waals surface area contributed by atoms with Crippen LogP contribution < -0.4 is 11.1 Å². The van der Waals surface area contributed by atoms with Crippen LogP contribution in [0.3, 0.4) is 0 Å². The third-order valence-corrected chi connectivity index (χ3v) is 4.14. The van der Waals surface area contributed by atoms with Crippen LogP contribution in [-0.4, -0.2) is 49.3 Å². The molecule has 3 N–H and O–H groups in total. The normalized spacial score (nSPS) is 32.7. The second kappa shape index (κ2) is 5.89. The molecular formula is C13H25N3O2. The van der Waals surface area contributed by atoms with Gasteiger partial charge in [0.05, 0.1) is 12.2 Å². The second-order valence-electron chi connectivity index (χ2n) is 5.66. The van der Waals surface area contributed by atoms with Gasteiger partial charge in [0.2, 0.25) is 0 Å². The summed E-state index contributed by atoms with van der Waals surface area (Å²) in [5, 5.41) is 2.80. The third kappa shape index (κ3) is 3.14. The highest BCUT2D eigenvalue weighted by atomic mass is 16.5. The lowest BCUT2D eigenvalue weighted by Gasteiger charge is -2.39. The van der Waals surface area contributed by atoms with Crippen LogP contribution in [0.1, 0.15) is 32.6 Å². The molecule has 2 unspecified atom stereocenters. The van der Waals surface area contributed by atoms with Gasteiger partial charge in [0, 0.05) is 26.2 Å². The predicted octanol–water partition coefficient (Wildman–Crippen LogP) is 0.936. The highest BCUT2D eigenvalue weighted by molar-refractivity contribution is 5.76. The zero-order valence-corrected chi connectivity index (χ0v) is 11.3. The number of hydrogen-bond acceptors (Lipinski definition) is 3. The molecule has 18 heavy (non-hydrogen) atoms. The van der Waals surface area contributed by atoms with Crippen LogP contribution in [0.4, 0.5) is 4.79 Å². The Bertz CT molecular complexity index is 298. The van der Waals surface area contributed by atoms with E-state index < -0.39 is 0 Å². The second-order valence-corrected chi connectivity index (χ2v) is 5.66. The van der Waals surface area contributed by atoms with Crippen LogP contribution in [0.5, 0.6) is 0 Å². The Morgan fingerprint density at radius 2 is 2.44 bits per heavy atom. The summed E-state index contributed by atoms with van der Waals surface area (Å²) in [7, 11) is 0. The molecule has 1 aliphatic heterocycles. The molecule has 0 aromatic rings. The molecule has 1 heterocycles. The summed E-state index contributed by atoms with van der Waals surface area (Å²) in [5.41, 5.74) is 5.76. The number of hydrogen-bond donors (Lipinski definition) is 2. The minimum atomic E-state index is -0.145. The molecule has 0 aromatic heterocycles. The average Bonchev–Trinajstić information content (AvgIpc) is 2.75. The Kier molecular flexibility index (Phi) is 4.45. The van der Waals surface area contributed by atoms with Crippen LogP contribution in [0.15, 0.2) is 0 Å². The molecule has 5 nitrogen and oxygen atoms in total. The van der Waals surface area contributed by atoms with Crippen LogP contribution in [-0.2, 0) is 4.74 Å². The van der Waals surface area contributed by atoms with E-state index in [9.17, 15) is 4.79 Å². The van der Waals surface area contributed by atoms with Crippen molar-refractivity contribution in [2.45, 2.75) is 38.2 Å². The van der Waals surface area contributed by atoms with Gasteiger partial charge in [-0.25, -0.2) is 4.79 Å². The summed E-state index contributed by atoms with van der Waals surface area (Å²) in [4.78, 5) is 13.2. The summed E-state index contributed by atoms with van der Waals surface area (Å²) < 4.78 is 6.05. The maximum Gasteiger partial charge on any atom is 0.317 e. The molecule has 1 aliphatic carbocycles. The molecule has 0 aromatic carbocycles. The van der Waals surface area contributed by atoms with E-state index in [1.165, 1.54) is 12.8 Å². The Morgan fingerprint density at radius 3 is 3.06 bits per heavy atom. The van der Waals surface area contributed by atoms with E-state index in [0.717, 1.165) is 25.9 Å². The van der Waals surface area contributed by atoms with Crippen LogP contribution in [0.25, 0.3) is 0 Å². The van der Waals surface area contributed by atoms with Gasteiger partial charge in [-0.05, 0) is 18.8 Å². The summed E-state index contributed by atoms with van der Waals surface area (Å²) in [5.74, 6) is 0.692. The maximum absolute atomic E-state index is 11.4. The fourth-order valence-electron chi connectivity index (χ4n) is 3.08. The van der Waals surface area contributed by atoms with E-state index in [4.69, 9.17) is 10.5 Å². The molecule has 5 heteroatoms. The third-order valence-electron chi connectivity index (χ3n) is 4.14. The lowest BCUT2D eigenvalue weighted by Crippen LogP contribution is -2.46. The van der Waals surface area contributed by atoms with Crippen molar-refractivity contribution >= 4 is 6.03 Å². The number of amides is 2. The van der Waals surface area contributed by atoms with E-state index in [0.29, 0.717) is 25.6 Å². The SMILES string of the molecule is CC1CCCC(CN)(OCCN2CCNC2=O)C1. The van der Waals surface area contributed by atoms with Gasteiger partial charge in [-0.15, -0.1) is 0 Å². The minimum absolute atomic E-state index is 0.0254. The molecule has 2 amide bonds. The molecule has 2 aliphatic rings. The first kappa shape index (κ1) is 13.6. The van der Waals surface area contributed by atoms with Crippen molar-refractivity contribution in [2.24, 2.45) is 11.7 Å². The van der Waals surface area contributed by atoms with Gasteiger partial charge in [-0.3, -0.25) is 0 Å². The minimum Gasteiger partial charge on any atom is -0.372 e. The molecule has 2 fully saturated rings. The van der Waals surface area contributed by atoms with Gasteiger partial charge < -0.3 is 20.7 Å². The Morgan fingerprint density at radius 1 is 1.61 bits per heavy atom. The van der Waals surface area contributed by atoms with Crippen molar-refractivity contribution in [1.29, 1.82) is 0 Å². The topological polar surface area (TPSA) is 67.6 Å². The summed E-state index contributed by atoms with van der Waals surface area (Å²) >= 11 is 0. The van der Waals surface area contributed by atoms with Gasteiger partial charge in [0.15, 0.2) is 0 Å². The predicted molar refractivity (Wildman–Crippen MR) is 70.3 cm³/mol. The maximum atomic E-state index is 11.4. The molecule has 0 radical (unpaired) electrons. The molecule has 1 saturated carbocycles. The van der Waals surface area contributed by atoms with E-state index >= 15 is 0 Å². The number of nitrogens with two attached hydrogens (primary N) is 1. The number of carbonyl (C=O) groups excluding carboxylic acids is 1. The number of urea groups is 1. The highest BCUT2D eigenvalue weighted by Crippen LogP contribution is 2.34. The highest BCUT2D eigenvalue weighted by Gasteiger charge is 2.34. The molecule has 2 atom stereocenters. The quantitative estimate of drug-likeness (QED) is 0.768.